The number of nitrogens with zero attached hydrogens (tertiary/aromatic N) is 1. The molecule has 0 spiro atoms. The van der Waals surface area contributed by atoms with E-state index in [1.54, 1.807) is 19.0 Å². The number of nitrogens with one attached hydrogen (secondary N) is 1. The Hall–Kier alpha value is -0.330. The maximum atomic E-state index is 12.8. The number of halogens is 3. The van der Waals surface area contributed by atoms with Crippen molar-refractivity contribution in [1.82, 2.24) is 10.4 Å². The summed E-state index contributed by atoms with van der Waals surface area (Å²) in [6.45, 7) is 2.89. The molecule has 6 heteroatoms. The highest BCUT2D eigenvalue weighted by Gasteiger charge is 2.41. The normalized spacial score (nSPS) is 24.2. The number of hydrazine groups is 1. The topological polar surface area (TPSA) is 24.5 Å². The first-order valence-corrected chi connectivity index (χ1v) is 6.07. The second-order valence-corrected chi connectivity index (χ2v) is 4.46. The van der Waals surface area contributed by atoms with E-state index in [1.807, 2.05) is 0 Å². The van der Waals surface area contributed by atoms with Crippen molar-refractivity contribution >= 4 is 0 Å². The third kappa shape index (κ3) is 4.44. The second-order valence-electron chi connectivity index (χ2n) is 4.46. The van der Waals surface area contributed by atoms with Crippen LogP contribution in [0.1, 0.15) is 32.6 Å². The molecule has 0 bridgehead atoms. The van der Waals surface area contributed by atoms with Crippen LogP contribution in [-0.2, 0) is 4.74 Å². The van der Waals surface area contributed by atoms with E-state index in [2.05, 4.69) is 5.43 Å². The van der Waals surface area contributed by atoms with E-state index in [1.165, 1.54) is 0 Å². The monoisotopic (exact) mass is 254 g/mol. The molecule has 1 heterocycles. The number of hydrogen-bond acceptors (Lipinski definition) is 3. The lowest BCUT2D eigenvalue weighted by molar-refractivity contribution is -0.171. The summed E-state index contributed by atoms with van der Waals surface area (Å²) < 4.78 is 43.3. The molecule has 1 fully saturated rings. The molecule has 17 heavy (non-hydrogen) atoms. The number of rotatable bonds is 6. The lowest BCUT2D eigenvalue weighted by Crippen LogP contribution is -2.53. The summed E-state index contributed by atoms with van der Waals surface area (Å²) in [6.07, 6.45) is -1.76. The van der Waals surface area contributed by atoms with Gasteiger partial charge in [0.25, 0.3) is 0 Å². The van der Waals surface area contributed by atoms with Crippen molar-refractivity contribution in [2.75, 3.05) is 20.3 Å². The molecule has 0 aliphatic carbocycles. The Bertz CT molecular complexity index is 223. The van der Waals surface area contributed by atoms with Gasteiger partial charge in [0, 0.05) is 19.7 Å². The predicted octanol–water partition coefficient (Wildman–Crippen LogP) is 2.33. The van der Waals surface area contributed by atoms with Gasteiger partial charge in [0.2, 0.25) is 0 Å². The van der Waals surface area contributed by atoms with Gasteiger partial charge in [-0.05, 0) is 19.3 Å². The molecule has 0 aromatic rings. The van der Waals surface area contributed by atoms with Crippen molar-refractivity contribution in [3.8, 4) is 0 Å². The van der Waals surface area contributed by atoms with Gasteiger partial charge in [0.15, 0.2) is 0 Å². The molecule has 0 amide bonds. The Kier molecular flexibility index (Phi) is 5.69. The minimum Gasteiger partial charge on any atom is -0.383 e. The molecule has 0 unspecified atom stereocenters. The van der Waals surface area contributed by atoms with Crippen LogP contribution in [0.4, 0.5) is 13.2 Å². The lowest BCUT2D eigenvalue weighted by Gasteiger charge is -2.31. The van der Waals surface area contributed by atoms with E-state index in [9.17, 15) is 13.2 Å². The first-order valence-electron chi connectivity index (χ1n) is 6.07. The first kappa shape index (κ1) is 14.7. The third-order valence-corrected chi connectivity index (χ3v) is 3.03. The van der Waals surface area contributed by atoms with Crippen LogP contribution in [0.2, 0.25) is 0 Å². The van der Waals surface area contributed by atoms with Crippen molar-refractivity contribution in [2.24, 2.45) is 0 Å². The van der Waals surface area contributed by atoms with Crippen molar-refractivity contribution < 1.29 is 17.9 Å². The summed E-state index contributed by atoms with van der Waals surface area (Å²) in [5.41, 5.74) is 2.62. The van der Waals surface area contributed by atoms with Gasteiger partial charge >= 0.3 is 6.18 Å². The van der Waals surface area contributed by atoms with Crippen molar-refractivity contribution in [3.63, 3.8) is 0 Å². The summed E-state index contributed by atoms with van der Waals surface area (Å²) in [5.74, 6) is 0. The highest BCUT2D eigenvalue weighted by Crippen LogP contribution is 2.25. The van der Waals surface area contributed by atoms with Gasteiger partial charge in [-0.1, -0.05) is 13.3 Å². The maximum Gasteiger partial charge on any atom is 0.405 e. The van der Waals surface area contributed by atoms with E-state index < -0.39 is 12.2 Å². The van der Waals surface area contributed by atoms with Crippen molar-refractivity contribution in [3.05, 3.63) is 0 Å². The minimum absolute atomic E-state index is 0.0571. The number of alkyl halides is 3. The first-order chi connectivity index (χ1) is 7.99. The zero-order valence-corrected chi connectivity index (χ0v) is 10.4. The van der Waals surface area contributed by atoms with Crippen LogP contribution in [0.25, 0.3) is 0 Å². The average Bonchev–Trinajstić information content (AvgIpc) is 2.64. The Morgan fingerprint density at radius 1 is 1.47 bits per heavy atom. The molecule has 102 valence electrons. The summed E-state index contributed by atoms with van der Waals surface area (Å²) >= 11 is 0. The minimum atomic E-state index is -4.18. The number of ether oxygens (including phenoxy) is 1. The van der Waals surface area contributed by atoms with Gasteiger partial charge in [0.1, 0.15) is 6.04 Å². The molecule has 1 aliphatic heterocycles. The van der Waals surface area contributed by atoms with Crippen molar-refractivity contribution in [1.29, 1.82) is 0 Å². The molecule has 1 aliphatic rings. The largest absolute Gasteiger partial charge is 0.405 e. The molecular formula is C11H21F3N2O. The van der Waals surface area contributed by atoms with Crippen LogP contribution >= 0.6 is 0 Å². The summed E-state index contributed by atoms with van der Waals surface area (Å²) in [6, 6.07) is -1.38. The van der Waals surface area contributed by atoms with Gasteiger partial charge in [-0.25, -0.2) is 10.4 Å². The van der Waals surface area contributed by atoms with Gasteiger partial charge < -0.3 is 4.74 Å². The van der Waals surface area contributed by atoms with Crippen LogP contribution in [0.3, 0.4) is 0 Å². The van der Waals surface area contributed by atoms with Crippen LogP contribution in [-0.4, -0.2) is 43.5 Å². The Balaban J connectivity index is 2.53. The van der Waals surface area contributed by atoms with E-state index in [0.717, 1.165) is 12.8 Å². The summed E-state index contributed by atoms with van der Waals surface area (Å²) in [4.78, 5) is 0. The fourth-order valence-electron chi connectivity index (χ4n) is 2.16. The summed E-state index contributed by atoms with van der Waals surface area (Å²) in [5, 5.41) is 1.69. The van der Waals surface area contributed by atoms with E-state index in [0.29, 0.717) is 19.6 Å². The standard InChI is InChI=1S/C11H21F3N2O/c1-3-5-10(11(12,13)14)15-16-7-4-6-9(16)8-17-2/h9-10,15H,3-8H2,1-2H3/t9-,10+/m0/s1. The van der Waals surface area contributed by atoms with Gasteiger partial charge in [0.05, 0.1) is 6.61 Å². The molecule has 1 rings (SSSR count). The zero-order valence-electron chi connectivity index (χ0n) is 10.4. The Labute approximate surface area is 100 Å². The fraction of sp³-hybridized carbons (Fsp3) is 1.00. The van der Waals surface area contributed by atoms with E-state index in [4.69, 9.17) is 4.74 Å². The molecule has 2 atom stereocenters. The molecular weight excluding hydrogens is 233 g/mol. The fourth-order valence-corrected chi connectivity index (χ4v) is 2.16. The third-order valence-electron chi connectivity index (χ3n) is 3.03. The lowest BCUT2D eigenvalue weighted by atomic mass is 10.2. The van der Waals surface area contributed by atoms with Gasteiger partial charge in [-0.15, -0.1) is 0 Å². The number of hydrogen-bond donors (Lipinski definition) is 1. The Morgan fingerprint density at radius 2 is 2.18 bits per heavy atom. The van der Waals surface area contributed by atoms with Crippen LogP contribution in [0.15, 0.2) is 0 Å². The quantitative estimate of drug-likeness (QED) is 0.787. The highest BCUT2D eigenvalue weighted by atomic mass is 19.4. The smallest absolute Gasteiger partial charge is 0.383 e. The Morgan fingerprint density at radius 3 is 2.71 bits per heavy atom. The summed E-state index contributed by atoms with van der Waals surface area (Å²) in [7, 11) is 1.57. The highest BCUT2D eigenvalue weighted by molar-refractivity contribution is 4.81. The average molecular weight is 254 g/mol. The maximum absolute atomic E-state index is 12.8. The van der Waals surface area contributed by atoms with E-state index >= 15 is 0 Å². The van der Waals surface area contributed by atoms with Gasteiger partial charge in [-0.2, -0.15) is 13.2 Å². The molecule has 1 saturated heterocycles. The van der Waals surface area contributed by atoms with Crippen LogP contribution < -0.4 is 5.43 Å². The number of methoxy groups -OCH3 is 1. The van der Waals surface area contributed by atoms with Crippen LogP contribution in [0.5, 0.6) is 0 Å². The SMILES string of the molecule is CCC[C@@H](NN1CCC[C@H]1COC)C(F)(F)F. The second kappa shape index (κ2) is 6.56. The molecule has 1 N–H and O–H groups in total. The molecule has 0 aromatic heterocycles. The molecule has 0 saturated carbocycles. The molecule has 0 aromatic carbocycles. The van der Waals surface area contributed by atoms with Gasteiger partial charge in [-0.3, -0.25) is 0 Å². The molecule has 0 radical (unpaired) electrons. The zero-order chi connectivity index (χ0) is 12.9. The van der Waals surface area contributed by atoms with Crippen LogP contribution in [0, 0.1) is 0 Å². The predicted molar refractivity (Wildman–Crippen MR) is 59.5 cm³/mol. The van der Waals surface area contributed by atoms with E-state index in [-0.39, 0.29) is 12.5 Å². The molecule has 3 nitrogen and oxygen atoms in total. The van der Waals surface area contributed by atoms with Crippen molar-refractivity contribution in [2.45, 2.75) is 50.9 Å².